The zero-order valence-electron chi connectivity index (χ0n) is 10.9. The molecular formula is C13H15FN4O2. The van der Waals surface area contributed by atoms with Gasteiger partial charge in [-0.2, -0.15) is 5.10 Å². The lowest BCUT2D eigenvalue weighted by atomic mass is 10.2. The molecule has 0 saturated heterocycles. The lowest BCUT2D eigenvalue weighted by molar-refractivity contribution is 0.262. The van der Waals surface area contributed by atoms with Crippen LogP contribution in [0.2, 0.25) is 0 Å². The van der Waals surface area contributed by atoms with Crippen molar-refractivity contribution in [1.82, 2.24) is 9.78 Å². The van der Waals surface area contributed by atoms with Crippen molar-refractivity contribution in [3.8, 4) is 0 Å². The summed E-state index contributed by atoms with van der Waals surface area (Å²) in [6.45, 7) is 1.96. The van der Waals surface area contributed by atoms with Crippen LogP contribution in [-0.4, -0.2) is 27.5 Å². The number of carbonyl (C=O) groups is 1. The molecule has 0 unspecified atom stereocenters. The average molecular weight is 278 g/mol. The highest BCUT2D eigenvalue weighted by Crippen LogP contribution is 2.14. The Morgan fingerprint density at radius 1 is 1.40 bits per heavy atom. The number of carbonyl (C=O) groups excluding carboxylic acids is 1. The van der Waals surface area contributed by atoms with Gasteiger partial charge in [0.15, 0.2) is 0 Å². The largest absolute Gasteiger partial charge is 0.394 e. The number of nitrogens with zero attached hydrogens (tertiary/aromatic N) is 2. The van der Waals surface area contributed by atoms with Crippen molar-refractivity contribution in [2.45, 2.75) is 13.5 Å². The molecule has 20 heavy (non-hydrogen) atoms. The van der Waals surface area contributed by atoms with Gasteiger partial charge in [0.2, 0.25) is 0 Å². The maximum Gasteiger partial charge on any atom is 0.323 e. The molecule has 1 aromatic carbocycles. The Balaban J connectivity index is 1.95. The molecule has 106 valence electrons. The van der Waals surface area contributed by atoms with Gasteiger partial charge >= 0.3 is 6.03 Å². The Bertz CT molecular complexity index is 612. The fraction of sp³-hybridized carbons (Fsp3) is 0.231. The van der Waals surface area contributed by atoms with Crippen LogP contribution in [-0.2, 0) is 6.54 Å². The fourth-order valence-corrected chi connectivity index (χ4v) is 1.67. The minimum atomic E-state index is -0.445. The van der Waals surface area contributed by atoms with E-state index in [1.54, 1.807) is 19.2 Å². The van der Waals surface area contributed by atoms with E-state index in [0.29, 0.717) is 23.5 Å². The second-order valence-electron chi connectivity index (χ2n) is 4.26. The van der Waals surface area contributed by atoms with Crippen LogP contribution in [0.1, 0.15) is 5.56 Å². The number of hydrogen-bond donors (Lipinski definition) is 3. The van der Waals surface area contributed by atoms with E-state index in [1.807, 2.05) is 0 Å². The third-order valence-corrected chi connectivity index (χ3v) is 2.64. The lowest BCUT2D eigenvalue weighted by Gasteiger charge is -2.07. The number of urea groups is 1. The SMILES string of the molecule is Cc1cc(NC(=O)Nc2cnn(CCO)c2)ccc1F. The van der Waals surface area contributed by atoms with Crippen molar-refractivity contribution >= 4 is 17.4 Å². The summed E-state index contributed by atoms with van der Waals surface area (Å²) in [6, 6.07) is 3.88. The van der Waals surface area contributed by atoms with E-state index >= 15 is 0 Å². The molecule has 6 nitrogen and oxygen atoms in total. The molecule has 0 aliphatic carbocycles. The molecule has 3 N–H and O–H groups in total. The van der Waals surface area contributed by atoms with Gasteiger partial charge in [-0.25, -0.2) is 9.18 Å². The number of aliphatic hydroxyl groups excluding tert-OH is 1. The van der Waals surface area contributed by atoms with Crippen molar-refractivity contribution in [1.29, 1.82) is 0 Å². The van der Waals surface area contributed by atoms with Crippen LogP contribution >= 0.6 is 0 Å². The van der Waals surface area contributed by atoms with E-state index in [0.717, 1.165) is 0 Å². The zero-order valence-corrected chi connectivity index (χ0v) is 10.9. The summed E-state index contributed by atoms with van der Waals surface area (Å²) < 4.78 is 14.6. The number of aryl methyl sites for hydroxylation is 1. The van der Waals surface area contributed by atoms with Crippen molar-refractivity contribution in [3.05, 3.63) is 42.0 Å². The molecule has 2 amide bonds. The van der Waals surface area contributed by atoms with Gasteiger partial charge in [-0.3, -0.25) is 4.68 Å². The summed E-state index contributed by atoms with van der Waals surface area (Å²) in [6.07, 6.45) is 3.08. The van der Waals surface area contributed by atoms with Gasteiger partial charge in [-0.15, -0.1) is 0 Å². The smallest absolute Gasteiger partial charge is 0.323 e. The van der Waals surface area contributed by atoms with Crippen LogP contribution < -0.4 is 10.6 Å². The van der Waals surface area contributed by atoms with Gasteiger partial charge in [-0.1, -0.05) is 0 Å². The Labute approximate surface area is 115 Å². The number of aliphatic hydroxyl groups is 1. The monoisotopic (exact) mass is 278 g/mol. The first-order valence-electron chi connectivity index (χ1n) is 6.06. The predicted octanol–water partition coefficient (Wildman–Crippen LogP) is 1.97. The third kappa shape index (κ3) is 3.55. The summed E-state index contributed by atoms with van der Waals surface area (Å²) in [5, 5.41) is 17.9. The van der Waals surface area contributed by atoms with Gasteiger partial charge in [0.25, 0.3) is 0 Å². The Morgan fingerprint density at radius 3 is 2.85 bits per heavy atom. The van der Waals surface area contributed by atoms with Crippen LogP contribution in [0.4, 0.5) is 20.6 Å². The number of rotatable bonds is 4. The molecule has 0 aliphatic heterocycles. The van der Waals surface area contributed by atoms with E-state index < -0.39 is 6.03 Å². The van der Waals surface area contributed by atoms with Crippen molar-refractivity contribution in [2.75, 3.05) is 17.2 Å². The predicted molar refractivity (Wildman–Crippen MR) is 73.1 cm³/mol. The van der Waals surface area contributed by atoms with E-state index in [9.17, 15) is 9.18 Å². The summed E-state index contributed by atoms with van der Waals surface area (Å²) in [4.78, 5) is 11.7. The summed E-state index contributed by atoms with van der Waals surface area (Å²) >= 11 is 0. The third-order valence-electron chi connectivity index (χ3n) is 2.64. The first kappa shape index (κ1) is 14.0. The van der Waals surface area contributed by atoms with Gasteiger partial charge in [-0.05, 0) is 30.7 Å². The van der Waals surface area contributed by atoms with Gasteiger partial charge in [0.1, 0.15) is 5.82 Å². The molecule has 2 rings (SSSR count). The van der Waals surface area contributed by atoms with E-state index in [4.69, 9.17) is 5.11 Å². The topological polar surface area (TPSA) is 79.2 Å². The van der Waals surface area contributed by atoms with Crippen LogP contribution in [0.25, 0.3) is 0 Å². The van der Waals surface area contributed by atoms with Gasteiger partial charge in [0, 0.05) is 11.9 Å². The summed E-state index contributed by atoms with van der Waals surface area (Å²) in [5.41, 5.74) is 1.47. The van der Waals surface area contributed by atoms with Crippen molar-refractivity contribution in [2.24, 2.45) is 0 Å². The van der Waals surface area contributed by atoms with Crippen LogP contribution in [0.15, 0.2) is 30.6 Å². The van der Waals surface area contributed by atoms with Crippen molar-refractivity contribution in [3.63, 3.8) is 0 Å². The highest BCUT2D eigenvalue weighted by molar-refractivity contribution is 5.99. The van der Waals surface area contributed by atoms with Gasteiger partial charge in [0.05, 0.1) is 25.0 Å². The lowest BCUT2D eigenvalue weighted by Crippen LogP contribution is -2.19. The van der Waals surface area contributed by atoms with E-state index in [1.165, 1.54) is 23.0 Å². The maximum atomic E-state index is 13.1. The first-order chi connectivity index (χ1) is 9.58. The number of hydrogen-bond acceptors (Lipinski definition) is 3. The molecule has 2 aromatic rings. The molecule has 0 radical (unpaired) electrons. The molecule has 7 heteroatoms. The molecule has 0 aliphatic rings. The Hall–Kier alpha value is -2.41. The normalized spacial score (nSPS) is 10.3. The number of amides is 2. The molecule has 1 aromatic heterocycles. The number of benzene rings is 1. The second kappa shape index (κ2) is 6.16. The van der Waals surface area contributed by atoms with Crippen LogP contribution in [0.5, 0.6) is 0 Å². The molecule has 0 atom stereocenters. The molecule has 1 heterocycles. The first-order valence-corrected chi connectivity index (χ1v) is 6.06. The average Bonchev–Trinajstić information content (AvgIpc) is 2.81. The number of aromatic nitrogens is 2. The standard InChI is InChI=1S/C13H15FN4O2/c1-9-6-10(2-3-12(9)14)16-13(20)17-11-7-15-18(8-11)4-5-19/h2-3,6-8,19H,4-5H2,1H3,(H2,16,17,20). The van der Waals surface area contributed by atoms with Crippen LogP contribution in [0.3, 0.4) is 0 Å². The van der Waals surface area contributed by atoms with E-state index in [2.05, 4.69) is 15.7 Å². The second-order valence-corrected chi connectivity index (χ2v) is 4.26. The quantitative estimate of drug-likeness (QED) is 0.800. The Morgan fingerprint density at radius 2 is 2.15 bits per heavy atom. The zero-order chi connectivity index (χ0) is 14.5. The van der Waals surface area contributed by atoms with Crippen LogP contribution in [0, 0.1) is 12.7 Å². The molecular weight excluding hydrogens is 263 g/mol. The summed E-state index contributed by atoms with van der Waals surface area (Å²) in [7, 11) is 0. The van der Waals surface area contributed by atoms with E-state index in [-0.39, 0.29) is 12.4 Å². The Kier molecular flexibility index (Phi) is 4.31. The number of nitrogens with one attached hydrogen (secondary N) is 2. The molecule has 0 saturated carbocycles. The number of anilines is 2. The minimum Gasteiger partial charge on any atom is -0.394 e. The maximum absolute atomic E-state index is 13.1. The van der Waals surface area contributed by atoms with Gasteiger partial charge < -0.3 is 15.7 Å². The minimum absolute atomic E-state index is 0.0256. The number of halogens is 1. The fourth-order valence-electron chi connectivity index (χ4n) is 1.67. The molecule has 0 fully saturated rings. The molecule has 0 bridgehead atoms. The highest BCUT2D eigenvalue weighted by Gasteiger charge is 2.06. The summed E-state index contributed by atoms with van der Waals surface area (Å²) in [5.74, 6) is -0.318. The van der Waals surface area contributed by atoms with Crippen molar-refractivity contribution < 1.29 is 14.3 Å². The highest BCUT2D eigenvalue weighted by atomic mass is 19.1. The molecule has 0 spiro atoms.